The number of carbonyl (C=O) groups excluding carboxylic acids is 1. The number of rotatable bonds is 7. The summed E-state index contributed by atoms with van der Waals surface area (Å²) in [5.41, 5.74) is 3.36. The molecule has 1 aliphatic carbocycles. The van der Waals surface area contributed by atoms with Crippen molar-refractivity contribution in [2.24, 2.45) is 11.8 Å². The third-order valence-electron chi connectivity index (χ3n) is 7.54. The zero-order valence-corrected chi connectivity index (χ0v) is 18.9. The van der Waals surface area contributed by atoms with Crippen LogP contribution in [0.5, 0.6) is 0 Å². The average molecular weight is 433 g/mol. The van der Waals surface area contributed by atoms with Gasteiger partial charge in [0.2, 0.25) is 0 Å². The Bertz CT molecular complexity index is 972. The first-order valence-electron chi connectivity index (χ1n) is 12.1. The molecule has 168 valence electrons. The Balaban J connectivity index is 1.31. The van der Waals surface area contributed by atoms with Gasteiger partial charge in [-0.15, -0.1) is 0 Å². The van der Waals surface area contributed by atoms with Crippen LogP contribution < -0.4 is 5.32 Å². The largest absolute Gasteiger partial charge is 0.317 e. The predicted octanol–water partition coefficient (Wildman–Crippen LogP) is 6.35. The van der Waals surface area contributed by atoms with E-state index in [0.29, 0.717) is 30.1 Å². The third-order valence-corrected chi connectivity index (χ3v) is 7.54. The summed E-state index contributed by atoms with van der Waals surface area (Å²) in [6, 6.07) is 15.2. The SMILES string of the molecule is C[C@@H](CC1CC[C@H](c2ccc(C(=O)CC3CCNCC3)cc2)C1)c1ccc(F)c(C#N)c1. The number of hydrogen-bond donors (Lipinski definition) is 1. The number of nitrogens with one attached hydrogen (secondary N) is 1. The summed E-state index contributed by atoms with van der Waals surface area (Å²) in [7, 11) is 0. The van der Waals surface area contributed by atoms with E-state index >= 15 is 0 Å². The van der Waals surface area contributed by atoms with Gasteiger partial charge in [0, 0.05) is 12.0 Å². The molecule has 4 rings (SSSR count). The monoisotopic (exact) mass is 432 g/mol. The van der Waals surface area contributed by atoms with Gasteiger partial charge in [0.15, 0.2) is 5.78 Å². The molecule has 0 aromatic heterocycles. The van der Waals surface area contributed by atoms with E-state index in [1.807, 2.05) is 24.3 Å². The molecule has 2 aromatic rings. The third kappa shape index (κ3) is 5.45. The van der Waals surface area contributed by atoms with Crippen LogP contribution in [-0.2, 0) is 0 Å². The number of Topliss-reactive ketones (excluding diaryl/α,β-unsaturated/α-hetero) is 1. The first kappa shape index (κ1) is 22.7. The van der Waals surface area contributed by atoms with Crippen LogP contribution in [-0.4, -0.2) is 18.9 Å². The minimum atomic E-state index is -0.443. The standard InChI is InChI=1S/C28H33FN2O/c1-19(24-8-9-27(29)26(17-24)18-30)14-21-2-3-25(15-21)22-4-6-23(7-5-22)28(32)16-20-10-12-31-13-11-20/h4-9,17,19-21,25,31H,2-3,10-16H2,1H3/t19-,21?,25-/m0/s1. The molecule has 0 radical (unpaired) electrons. The number of piperidine rings is 1. The molecular formula is C28H33FN2O. The molecular weight excluding hydrogens is 399 g/mol. The number of hydrogen-bond acceptors (Lipinski definition) is 3. The molecule has 0 bridgehead atoms. The van der Waals surface area contributed by atoms with Crippen LogP contribution >= 0.6 is 0 Å². The van der Waals surface area contributed by atoms with Gasteiger partial charge in [-0.1, -0.05) is 37.3 Å². The Hall–Kier alpha value is -2.51. The second-order valence-corrected chi connectivity index (χ2v) is 9.81. The van der Waals surface area contributed by atoms with E-state index in [2.05, 4.69) is 24.4 Å². The van der Waals surface area contributed by atoms with E-state index < -0.39 is 5.82 Å². The highest BCUT2D eigenvalue weighted by Crippen LogP contribution is 2.42. The normalized spacial score (nSPS) is 22.4. The van der Waals surface area contributed by atoms with Crippen molar-refractivity contribution < 1.29 is 9.18 Å². The van der Waals surface area contributed by atoms with Gasteiger partial charge >= 0.3 is 0 Å². The maximum absolute atomic E-state index is 13.6. The number of halogens is 1. The second-order valence-electron chi connectivity index (χ2n) is 9.81. The second kappa shape index (κ2) is 10.4. The Labute approximate surface area is 191 Å². The smallest absolute Gasteiger partial charge is 0.163 e. The first-order chi connectivity index (χ1) is 15.5. The molecule has 1 saturated carbocycles. The number of nitriles is 1. The number of ketones is 1. The molecule has 4 heteroatoms. The summed E-state index contributed by atoms with van der Waals surface area (Å²) >= 11 is 0. The number of carbonyl (C=O) groups is 1. The molecule has 0 spiro atoms. The van der Waals surface area contributed by atoms with Crippen molar-refractivity contribution in [2.75, 3.05) is 13.1 Å². The molecule has 3 nitrogen and oxygen atoms in total. The Kier molecular flexibility index (Phi) is 7.37. The zero-order valence-electron chi connectivity index (χ0n) is 18.9. The average Bonchev–Trinajstić information content (AvgIpc) is 3.28. The highest BCUT2D eigenvalue weighted by Gasteiger charge is 2.28. The maximum Gasteiger partial charge on any atom is 0.163 e. The van der Waals surface area contributed by atoms with Gasteiger partial charge in [0.05, 0.1) is 5.56 Å². The molecule has 32 heavy (non-hydrogen) atoms. The van der Waals surface area contributed by atoms with Crippen LogP contribution in [0.4, 0.5) is 4.39 Å². The molecule has 2 aromatic carbocycles. The Morgan fingerprint density at radius 3 is 2.56 bits per heavy atom. The van der Waals surface area contributed by atoms with E-state index in [4.69, 9.17) is 5.26 Å². The Morgan fingerprint density at radius 2 is 1.84 bits per heavy atom. The van der Waals surface area contributed by atoms with Crippen LogP contribution in [0.1, 0.15) is 90.8 Å². The summed E-state index contributed by atoms with van der Waals surface area (Å²) in [6.45, 7) is 4.22. The summed E-state index contributed by atoms with van der Waals surface area (Å²) in [6.07, 6.45) is 7.44. The van der Waals surface area contributed by atoms with E-state index in [1.54, 1.807) is 6.07 Å². The van der Waals surface area contributed by atoms with E-state index in [-0.39, 0.29) is 11.3 Å². The van der Waals surface area contributed by atoms with Crippen molar-refractivity contribution in [3.05, 3.63) is 70.5 Å². The number of benzene rings is 2. The van der Waals surface area contributed by atoms with Crippen LogP contribution in [0.25, 0.3) is 0 Å². The van der Waals surface area contributed by atoms with Crippen LogP contribution in [0.3, 0.4) is 0 Å². The zero-order chi connectivity index (χ0) is 22.5. The predicted molar refractivity (Wildman–Crippen MR) is 125 cm³/mol. The van der Waals surface area contributed by atoms with Crippen molar-refractivity contribution >= 4 is 5.78 Å². The highest BCUT2D eigenvalue weighted by molar-refractivity contribution is 5.96. The fourth-order valence-corrected chi connectivity index (χ4v) is 5.57. The lowest BCUT2D eigenvalue weighted by atomic mass is 9.87. The van der Waals surface area contributed by atoms with Gasteiger partial charge in [-0.2, -0.15) is 5.26 Å². The van der Waals surface area contributed by atoms with Crippen molar-refractivity contribution in [1.29, 1.82) is 5.26 Å². The van der Waals surface area contributed by atoms with Crippen molar-refractivity contribution in [1.82, 2.24) is 5.32 Å². The molecule has 1 heterocycles. The van der Waals surface area contributed by atoms with E-state index in [1.165, 1.54) is 24.5 Å². The maximum atomic E-state index is 13.6. The highest BCUT2D eigenvalue weighted by atomic mass is 19.1. The molecule has 1 unspecified atom stereocenters. The Morgan fingerprint density at radius 1 is 1.09 bits per heavy atom. The molecule has 0 amide bonds. The lowest BCUT2D eigenvalue weighted by Crippen LogP contribution is -2.28. The van der Waals surface area contributed by atoms with Crippen molar-refractivity contribution in [3.8, 4) is 6.07 Å². The van der Waals surface area contributed by atoms with Crippen LogP contribution in [0.15, 0.2) is 42.5 Å². The van der Waals surface area contributed by atoms with Gasteiger partial charge in [-0.3, -0.25) is 4.79 Å². The first-order valence-corrected chi connectivity index (χ1v) is 12.1. The molecule has 1 saturated heterocycles. The fourth-order valence-electron chi connectivity index (χ4n) is 5.57. The summed E-state index contributed by atoms with van der Waals surface area (Å²) in [5.74, 6) is 1.84. The van der Waals surface area contributed by atoms with Gasteiger partial charge in [-0.25, -0.2) is 4.39 Å². The lowest BCUT2D eigenvalue weighted by molar-refractivity contribution is 0.0952. The molecule has 3 atom stereocenters. The molecule has 1 aliphatic heterocycles. The summed E-state index contributed by atoms with van der Waals surface area (Å²) < 4.78 is 13.6. The van der Waals surface area contributed by atoms with Gasteiger partial charge in [0.1, 0.15) is 11.9 Å². The molecule has 1 N–H and O–H groups in total. The molecule has 2 fully saturated rings. The van der Waals surface area contributed by atoms with Crippen LogP contribution in [0.2, 0.25) is 0 Å². The van der Waals surface area contributed by atoms with E-state index in [9.17, 15) is 9.18 Å². The van der Waals surface area contributed by atoms with Crippen LogP contribution in [0, 0.1) is 29.0 Å². The van der Waals surface area contributed by atoms with Crippen molar-refractivity contribution in [3.63, 3.8) is 0 Å². The van der Waals surface area contributed by atoms with Crippen molar-refractivity contribution in [2.45, 2.75) is 63.7 Å². The summed E-state index contributed by atoms with van der Waals surface area (Å²) in [5, 5.41) is 12.5. The lowest BCUT2D eigenvalue weighted by Gasteiger charge is -2.21. The van der Waals surface area contributed by atoms with Gasteiger partial charge in [-0.05, 0) is 98.5 Å². The minimum absolute atomic E-state index is 0.133. The fraction of sp³-hybridized carbons (Fsp3) is 0.500. The number of nitrogens with zero attached hydrogens (tertiary/aromatic N) is 1. The molecule has 2 aliphatic rings. The topological polar surface area (TPSA) is 52.9 Å². The minimum Gasteiger partial charge on any atom is -0.317 e. The van der Waals surface area contributed by atoms with Gasteiger partial charge < -0.3 is 5.32 Å². The quantitative estimate of drug-likeness (QED) is 0.519. The summed E-state index contributed by atoms with van der Waals surface area (Å²) in [4.78, 5) is 12.7. The van der Waals surface area contributed by atoms with Gasteiger partial charge in [0.25, 0.3) is 0 Å². The van der Waals surface area contributed by atoms with E-state index in [0.717, 1.165) is 49.9 Å².